The number of nitrogens with one attached hydrogen (secondary N) is 2. The second kappa shape index (κ2) is 8.15. The highest BCUT2D eigenvalue weighted by atomic mass is 35.5. The van der Waals surface area contributed by atoms with E-state index in [1.54, 1.807) is 18.2 Å². The van der Waals surface area contributed by atoms with E-state index in [0.717, 1.165) is 29.6 Å². The van der Waals surface area contributed by atoms with Crippen molar-refractivity contribution >= 4 is 44.0 Å². The molecule has 164 valence electrons. The fourth-order valence-corrected chi connectivity index (χ4v) is 5.62. The number of rotatable bonds is 5. The minimum atomic E-state index is -3.83. The molecule has 32 heavy (non-hydrogen) atoms. The molecule has 5 rings (SSSR count). The predicted molar refractivity (Wildman–Crippen MR) is 130 cm³/mol. The molecule has 1 aliphatic rings. The quantitative estimate of drug-likeness (QED) is 0.401. The number of hydrogen-bond acceptors (Lipinski definition) is 4. The summed E-state index contributed by atoms with van der Waals surface area (Å²) in [5.74, 6) is 0. The van der Waals surface area contributed by atoms with Crippen LogP contribution in [0, 0.1) is 6.92 Å². The van der Waals surface area contributed by atoms with Gasteiger partial charge in [0, 0.05) is 41.3 Å². The lowest BCUT2D eigenvalue weighted by Crippen LogP contribution is -2.17. The predicted octanol–water partition coefficient (Wildman–Crippen LogP) is 5.59. The summed E-state index contributed by atoms with van der Waals surface area (Å²) in [6.45, 7) is 3.96. The fourth-order valence-electron chi connectivity index (χ4n) is 4.25. The summed E-state index contributed by atoms with van der Waals surface area (Å²) in [7, 11) is -3.83. The maximum absolute atomic E-state index is 13.1. The molecule has 8 heteroatoms. The Kier molecular flexibility index (Phi) is 5.31. The van der Waals surface area contributed by atoms with Crippen molar-refractivity contribution in [3.8, 4) is 11.1 Å². The van der Waals surface area contributed by atoms with Gasteiger partial charge in [-0.15, -0.1) is 0 Å². The van der Waals surface area contributed by atoms with Gasteiger partial charge in [-0.1, -0.05) is 29.8 Å². The number of aromatic nitrogens is 2. The first-order valence-electron chi connectivity index (χ1n) is 10.5. The molecule has 6 nitrogen and oxygen atoms in total. The lowest BCUT2D eigenvalue weighted by molar-refractivity contribution is 0.601. The van der Waals surface area contributed by atoms with Gasteiger partial charge in [0.25, 0.3) is 10.0 Å². The van der Waals surface area contributed by atoms with Gasteiger partial charge in [-0.3, -0.25) is 4.72 Å². The molecule has 0 bridgehead atoms. The van der Waals surface area contributed by atoms with Crippen molar-refractivity contribution in [2.45, 2.75) is 24.7 Å². The highest BCUT2D eigenvalue weighted by Crippen LogP contribution is 2.36. The van der Waals surface area contributed by atoms with Crippen molar-refractivity contribution in [1.29, 1.82) is 0 Å². The van der Waals surface area contributed by atoms with Gasteiger partial charge in [0.2, 0.25) is 0 Å². The molecule has 1 aliphatic heterocycles. The number of sulfonamides is 1. The summed E-state index contributed by atoms with van der Waals surface area (Å²) < 4.78 is 29.0. The number of halogens is 1. The van der Waals surface area contributed by atoms with Gasteiger partial charge in [0.05, 0.1) is 16.0 Å². The number of benzene rings is 2. The largest absolute Gasteiger partial charge is 0.372 e. The Morgan fingerprint density at radius 3 is 2.62 bits per heavy atom. The van der Waals surface area contributed by atoms with E-state index in [0.29, 0.717) is 22.1 Å². The van der Waals surface area contributed by atoms with Crippen LogP contribution < -0.4 is 9.62 Å². The van der Waals surface area contributed by atoms with Crippen molar-refractivity contribution in [1.82, 2.24) is 9.97 Å². The van der Waals surface area contributed by atoms with E-state index < -0.39 is 10.0 Å². The molecule has 0 saturated carbocycles. The second-order valence-electron chi connectivity index (χ2n) is 8.04. The van der Waals surface area contributed by atoms with Gasteiger partial charge in [-0.2, -0.15) is 0 Å². The molecule has 0 amide bonds. The first-order valence-corrected chi connectivity index (χ1v) is 12.4. The normalized spacial score (nSPS) is 14.2. The minimum Gasteiger partial charge on any atom is -0.372 e. The molecule has 0 spiro atoms. The SMILES string of the molecule is Cc1cc(NS(=O)(=O)c2cccc(Cl)c2)c2c(-c3cccc(N4CCCC4)c3)c[nH]c2n1. The van der Waals surface area contributed by atoms with Crippen LogP contribution in [0.5, 0.6) is 0 Å². The van der Waals surface area contributed by atoms with Crippen LogP contribution in [0.2, 0.25) is 5.02 Å². The first kappa shape index (κ1) is 20.8. The minimum absolute atomic E-state index is 0.112. The van der Waals surface area contributed by atoms with Crippen LogP contribution in [-0.2, 0) is 10.0 Å². The molecule has 3 heterocycles. The van der Waals surface area contributed by atoms with Crippen molar-refractivity contribution in [3.63, 3.8) is 0 Å². The summed E-state index contributed by atoms with van der Waals surface area (Å²) in [5.41, 5.74) is 4.91. The molecule has 0 radical (unpaired) electrons. The Hall–Kier alpha value is -3.03. The summed E-state index contributed by atoms with van der Waals surface area (Å²) in [6, 6.07) is 16.3. The molecule has 2 aromatic heterocycles. The topological polar surface area (TPSA) is 78.1 Å². The van der Waals surface area contributed by atoms with E-state index in [1.807, 2.05) is 25.3 Å². The number of pyridine rings is 1. The molecule has 0 unspecified atom stereocenters. The third kappa shape index (κ3) is 3.94. The van der Waals surface area contributed by atoms with Crippen molar-refractivity contribution in [3.05, 3.63) is 71.5 Å². The number of aryl methyl sites for hydroxylation is 1. The van der Waals surface area contributed by atoms with Gasteiger partial charge in [0.1, 0.15) is 5.65 Å². The van der Waals surface area contributed by atoms with Crippen LogP contribution in [0.3, 0.4) is 0 Å². The number of nitrogens with zero attached hydrogens (tertiary/aromatic N) is 2. The van der Waals surface area contributed by atoms with E-state index >= 15 is 0 Å². The number of fused-ring (bicyclic) bond motifs is 1. The summed E-state index contributed by atoms with van der Waals surface area (Å²) in [6.07, 6.45) is 4.29. The fraction of sp³-hybridized carbons (Fsp3) is 0.208. The van der Waals surface area contributed by atoms with Crippen LogP contribution >= 0.6 is 11.6 Å². The zero-order valence-electron chi connectivity index (χ0n) is 17.6. The summed E-state index contributed by atoms with van der Waals surface area (Å²) in [5, 5.41) is 1.10. The Balaban J connectivity index is 1.61. The van der Waals surface area contributed by atoms with Gasteiger partial charge in [0.15, 0.2) is 0 Å². The summed E-state index contributed by atoms with van der Waals surface area (Å²) >= 11 is 6.02. The average Bonchev–Trinajstić information content (AvgIpc) is 3.44. The van der Waals surface area contributed by atoms with Crippen LogP contribution in [0.15, 0.2) is 65.7 Å². The number of H-pyrrole nitrogens is 1. The maximum Gasteiger partial charge on any atom is 0.261 e. The number of aromatic amines is 1. The molecular formula is C24H23ClN4O2S. The summed E-state index contributed by atoms with van der Waals surface area (Å²) in [4.78, 5) is 10.3. The first-order chi connectivity index (χ1) is 15.4. The molecule has 2 aromatic carbocycles. The van der Waals surface area contributed by atoms with Crippen LogP contribution in [-0.4, -0.2) is 31.5 Å². The third-order valence-electron chi connectivity index (χ3n) is 5.75. The highest BCUT2D eigenvalue weighted by molar-refractivity contribution is 7.92. The van der Waals surface area contributed by atoms with Crippen molar-refractivity contribution in [2.75, 3.05) is 22.7 Å². The molecule has 4 aromatic rings. The van der Waals surface area contributed by atoms with E-state index in [4.69, 9.17) is 11.6 Å². The van der Waals surface area contributed by atoms with E-state index in [1.165, 1.54) is 30.7 Å². The Morgan fingerprint density at radius 1 is 1.06 bits per heavy atom. The molecule has 0 aliphatic carbocycles. The standard InChI is InChI=1S/C24H23ClN4O2S/c1-16-12-22(28-32(30,31)20-9-5-7-18(25)14-20)23-21(15-26-24(23)27-16)17-6-4-8-19(13-17)29-10-2-3-11-29/h4-9,12-15H,2-3,10-11H2,1H3,(H2,26,27,28). The van der Waals surface area contributed by atoms with Gasteiger partial charge in [-0.05, 0) is 61.7 Å². The van der Waals surface area contributed by atoms with Crippen molar-refractivity contribution < 1.29 is 8.42 Å². The number of anilines is 2. The average molecular weight is 467 g/mol. The van der Waals surface area contributed by atoms with Crippen LogP contribution in [0.25, 0.3) is 22.2 Å². The molecular weight excluding hydrogens is 444 g/mol. The zero-order valence-corrected chi connectivity index (χ0v) is 19.2. The third-order valence-corrected chi connectivity index (χ3v) is 7.35. The molecule has 1 fully saturated rings. The molecule has 0 atom stereocenters. The van der Waals surface area contributed by atoms with Crippen LogP contribution in [0.1, 0.15) is 18.5 Å². The lowest BCUT2D eigenvalue weighted by atomic mass is 10.0. The van der Waals surface area contributed by atoms with Gasteiger partial charge in [-0.25, -0.2) is 13.4 Å². The Bertz CT molecular complexity index is 1410. The highest BCUT2D eigenvalue weighted by Gasteiger charge is 2.20. The second-order valence-corrected chi connectivity index (χ2v) is 10.2. The van der Waals surface area contributed by atoms with E-state index in [2.05, 4.69) is 31.7 Å². The molecule has 2 N–H and O–H groups in total. The Morgan fingerprint density at radius 2 is 1.84 bits per heavy atom. The number of hydrogen-bond donors (Lipinski definition) is 2. The van der Waals surface area contributed by atoms with Gasteiger partial charge >= 0.3 is 0 Å². The van der Waals surface area contributed by atoms with E-state index in [-0.39, 0.29) is 4.90 Å². The lowest BCUT2D eigenvalue weighted by Gasteiger charge is -2.18. The molecule has 1 saturated heterocycles. The van der Waals surface area contributed by atoms with E-state index in [9.17, 15) is 8.42 Å². The van der Waals surface area contributed by atoms with Gasteiger partial charge < -0.3 is 9.88 Å². The monoisotopic (exact) mass is 466 g/mol. The van der Waals surface area contributed by atoms with Crippen molar-refractivity contribution in [2.24, 2.45) is 0 Å². The van der Waals surface area contributed by atoms with Crippen LogP contribution in [0.4, 0.5) is 11.4 Å². The Labute approximate surface area is 192 Å². The smallest absolute Gasteiger partial charge is 0.261 e. The zero-order chi connectivity index (χ0) is 22.3. The maximum atomic E-state index is 13.1.